The molecule has 2 heterocycles. The zero-order valence-corrected chi connectivity index (χ0v) is 21.0. The van der Waals surface area contributed by atoms with Crippen LogP contribution in [-0.2, 0) is 23.8 Å². The number of ether oxygens (including phenoxy) is 3. The maximum atomic E-state index is 13.1. The van der Waals surface area contributed by atoms with Gasteiger partial charge in [0.2, 0.25) is 0 Å². The van der Waals surface area contributed by atoms with E-state index >= 15 is 0 Å². The highest BCUT2D eigenvalue weighted by atomic mass is 16.7. The summed E-state index contributed by atoms with van der Waals surface area (Å²) in [7, 11) is 3.85. The van der Waals surface area contributed by atoms with Crippen LogP contribution in [0, 0.1) is 23.7 Å². The van der Waals surface area contributed by atoms with Gasteiger partial charge in [0.1, 0.15) is 12.2 Å². The first kappa shape index (κ1) is 27.0. The lowest BCUT2D eigenvalue weighted by Crippen LogP contribution is -2.56. The second kappa shape index (κ2) is 11.7. The predicted octanol–water partition coefficient (Wildman–Crippen LogP) is 3.19. The minimum atomic E-state index is -0.853. The van der Waals surface area contributed by atoms with Gasteiger partial charge in [-0.1, -0.05) is 33.8 Å². The SMILES string of the molecule is CCC1OC(=O)[C@H](C)C(O[C@@H]2O[C@H](C)C[C@H](N(C)C)[C@H]2O)[C@@H](C)C[C@@H](C)C(=O)C=C[C@H]1C. The summed E-state index contributed by atoms with van der Waals surface area (Å²) < 4.78 is 18.2. The van der Waals surface area contributed by atoms with E-state index in [2.05, 4.69) is 0 Å². The summed E-state index contributed by atoms with van der Waals surface area (Å²) in [6, 6.07) is -0.108. The van der Waals surface area contributed by atoms with E-state index in [1.54, 1.807) is 13.0 Å². The Hall–Kier alpha value is -1.28. The average Bonchev–Trinajstić information content (AvgIpc) is 2.73. The number of rotatable bonds is 4. The highest BCUT2D eigenvalue weighted by Gasteiger charge is 2.42. The molecule has 184 valence electrons. The van der Waals surface area contributed by atoms with E-state index in [1.807, 2.05) is 59.7 Å². The van der Waals surface area contributed by atoms with Crippen molar-refractivity contribution in [3.8, 4) is 0 Å². The van der Waals surface area contributed by atoms with Crippen molar-refractivity contribution in [3.05, 3.63) is 12.2 Å². The molecule has 0 saturated carbocycles. The van der Waals surface area contributed by atoms with Gasteiger partial charge >= 0.3 is 5.97 Å². The Morgan fingerprint density at radius 1 is 1.12 bits per heavy atom. The van der Waals surface area contributed by atoms with Gasteiger partial charge in [0, 0.05) is 17.9 Å². The van der Waals surface area contributed by atoms with Crippen LogP contribution in [-0.4, -0.2) is 72.6 Å². The second-order valence-corrected chi connectivity index (χ2v) is 10.1. The smallest absolute Gasteiger partial charge is 0.311 e. The number of allylic oxidation sites excluding steroid dienone is 1. The Labute approximate surface area is 193 Å². The van der Waals surface area contributed by atoms with Crippen molar-refractivity contribution < 1.29 is 28.9 Å². The molecule has 2 rings (SSSR count). The molecular weight excluding hydrogens is 410 g/mol. The molecule has 0 aromatic carbocycles. The average molecular weight is 454 g/mol. The first-order chi connectivity index (χ1) is 15.0. The monoisotopic (exact) mass is 453 g/mol. The lowest BCUT2D eigenvalue weighted by atomic mass is 9.84. The summed E-state index contributed by atoms with van der Waals surface area (Å²) in [6.07, 6.45) is 2.73. The van der Waals surface area contributed by atoms with E-state index in [9.17, 15) is 14.7 Å². The molecule has 0 aromatic heterocycles. The zero-order valence-electron chi connectivity index (χ0n) is 21.0. The number of hydrogen-bond donors (Lipinski definition) is 1. The Morgan fingerprint density at radius 2 is 1.78 bits per heavy atom. The van der Waals surface area contributed by atoms with E-state index in [-0.39, 0.29) is 47.8 Å². The van der Waals surface area contributed by atoms with Gasteiger partial charge in [-0.15, -0.1) is 0 Å². The normalized spacial score (nSPS) is 42.3. The van der Waals surface area contributed by atoms with Crippen LogP contribution in [0.4, 0.5) is 0 Å². The van der Waals surface area contributed by atoms with Gasteiger partial charge in [-0.05, 0) is 59.2 Å². The summed E-state index contributed by atoms with van der Waals surface area (Å²) in [5, 5.41) is 10.9. The highest BCUT2D eigenvalue weighted by molar-refractivity contribution is 5.91. The van der Waals surface area contributed by atoms with E-state index in [0.717, 1.165) is 0 Å². The van der Waals surface area contributed by atoms with Gasteiger partial charge in [-0.25, -0.2) is 0 Å². The molecule has 0 radical (unpaired) electrons. The molecule has 0 spiro atoms. The summed E-state index contributed by atoms with van der Waals surface area (Å²) in [6.45, 7) is 11.6. The number of carbonyl (C=O) groups is 2. The Balaban J connectivity index is 2.32. The summed E-state index contributed by atoms with van der Waals surface area (Å²) in [4.78, 5) is 27.7. The topological polar surface area (TPSA) is 85.3 Å². The van der Waals surface area contributed by atoms with Crippen molar-refractivity contribution in [2.24, 2.45) is 23.7 Å². The molecule has 2 aliphatic heterocycles. The van der Waals surface area contributed by atoms with E-state index in [0.29, 0.717) is 19.3 Å². The van der Waals surface area contributed by atoms with E-state index < -0.39 is 24.4 Å². The van der Waals surface area contributed by atoms with Crippen LogP contribution >= 0.6 is 0 Å². The van der Waals surface area contributed by atoms with Crippen LogP contribution in [0.3, 0.4) is 0 Å². The predicted molar refractivity (Wildman–Crippen MR) is 123 cm³/mol. The molecule has 7 nitrogen and oxygen atoms in total. The lowest BCUT2D eigenvalue weighted by molar-refractivity contribution is -0.279. The van der Waals surface area contributed by atoms with Gasteiger partial charge in [-0.2, -0.15) is 0 Å². The molecule has 1 saturated heterocycles. The molecule has 7 heteroatoms. The highest BCUT2D eigenvalue weighted by Crippen LogP contribution is 2.32. The van der Waals surface area contributed by atoms with E-state index in [4.69, 9.17) is 14.2 Å². The summed E-state index contributed by atoms with van der Waals surface area (Å²) >= 11 is 0. The Bertz CT molecular complexity index is 665. The minimum absolute atomic E-state index is 0.0614. The van der Waals surface area contributed by atoms with Gasteiger partial charge in [0.05, 0.1) is 18.1 Å². The fraction of sp³-hybridized carbons (Fsp3) is 0.840. The van der Waals surface area contributed by atoms with Crippen LogP contribution in [0.5, 0.6) is 0 Å². The van der Waals surface area contributed by atoms with Crippen molar-refractivity contribution in [2.75, 3.05) is 14.1 Å². The first-order valence-corrected chi connectivity index (χ1v) is 12.0. The quantitative estimate of drug-likeness (QED) is 0.654. The third kappa shape index (κ3) is 6.62. The fourth-order valence-corrected chi connectivity index (χ4v) is 4.85. The summed E-state index contributed by atoms with van der Waals surface area (Å²) in [5.41, 5.74) is 0. The van der Waals surface area contributed by atoms with Crippen LogP contribution < -0.4 is 0 Å². The van der Waals surface area contributed by atoms with Gasteiger partial charge in [0.25, 0.3) is 0 Å². The molecule has 1 fully saturated rings. The van der Waals surface area contributed by atoms with Gasteiger partial charge in [0.15, 0.2) is 12.1 Å². The van der Waals surface area contributed by atoms with Gasteiger partial charge in [-0.3, -0.25) is 9.59 Å². The third-order valence-corrected chi connectivity index (χ3v) is 7.02. The Morgan fingerprint density at radius 3 is 2.38 bits per heavy atom. The van der Waals surface area contributed by atoms with Crippen molar-refractivity contribution in [2.45, 2.75) is 97.6 Å². The van der Waals surface area contributed by atoms with E-state index in [1.165, 1.54) is 0 Å². The number of likely N-dealkylation sites (N-methyl/N-ethyl adjacent to an activating group) is 1. The molecule has 32 heavy (non-hydrogen) atoms. The number of nitrogens with zero attached hydrogens (tertiary/aromatic N) is 1. The Kier molecular flexibility index (Phi) is 9.88. The zero-order chi connectivity index (χ0) is 24.2. The lowest BCUT2D eigenvalue weighted by Gasteiger charge is -2.43. The second-order valence-electron chi connectivity index (χ2n) is 10.1. The van der Waals surface area contributed by atoms with Crippen LogP contribution in [0.25, 0.3) is 0 Å². The van der Waals surface area contributed by atoms with Gasteiger partial charge < -0.3 is 24.2 Å². The largest absolute Gasteiger partial charge is 0.461 e. The van der Waals surface area contributed by atoms with Crippen LogP contribution in [0.15, 0.2) is 12.2 Å². The standard InChI is InChI=1S/C25H43NO6/c1-9-21-14(2)10-11-20(27)15(3)12-16(4)23(18(6)24(29)31-21)32-25-22(28)19(26(7)8)13-17(5)30-25/h10-11,14-19,21-23,25,28H,9,12-13H2,1-8H3/t14-,15-,16+,17-,18-,19+,21?,22-,23?,25+/m1/s1. The molecule has 2 aliphatic rings. The molecule has 10 atom stereocenters. The third-order valence-electron chi connectivity index (χ3n) is 7.02. The van der Waals surface area contributed by atoms with Crippen LogP contribution in [0.2, 0.25) is 0 Å². The van der Waals surface area contributed by atoms with Crippen LogP contribution in [0.1, 0.15) is 60.8 Å². The molecule has 0 aliphatic carbocycles. The van der Waals surface area contributed by atoms with Crippen molar-refractivity contribution >= 4 is 11.8 Å². The number of hydrogen-bond acceptors (Lipinski definition) is 7. The fourth-order valence-electron chi connectivity index (χ4n) is 4.85. The minimum Gasteiger partial charge on any atom is -0.461 e. The number of aliphatic hydroxyl groups is 1. The molecule has 1 N–H and O–H groups in total. The van der Waals surface area contributed by atoms with Crippen molar-refractivity contribution in [1.82, 2.24) is 4.90 Å². The number of esters is 1. The number of ketones is 1. The molecule has 0 amide bonds. The molecule has 0 aromatic rings. The molecular formula is C25H43NO6. The number of carbonyl (C=O) groups excluding carboxylic acids is 2. The molecule has 2 unspecified atom stereocenters. The summed E-state index contributed by atoms with van der Waals surface area (Å²) in [5.74, 6) is -1.21. The maximum Gasteiger partial charge on any atom is 0.311 e. The first-order valence-electron chi connectivity index (χ1n) is 12.0. The van der Waals surface area contributed by atoms with Crippen molar-refractivity contribution in [1.29, 1.82) is 0 Å². The maximum absolute atomic E-state index is 13.1. The number of aliphatic hydroxyl groups excluding tert-OH is 1. The molecule has 0 bridgehead atoms. The number of cyclic esters (lactones) is 1. The van der Waals surface area contributed by atoms with Crippen molar-refractivity contribution in [3.63, 3.8) is 0 Å².